The molecule has 1 amide bonds. The Bertz CT molecular complexity index is 1200. The number of ether oxygens (including phenoxy) is 2. The maximum Gasteiger partial charge on any atom is 0.261 e. The van der Waals surface area contributed by atoms with Crippen LogP contribution in [-0.2, 0) is 17.9 Å². The third kappa shape index (κ3) is 5.05. The molecule has 0 radical (unpaired) electrons. The Hall–Kier alpha value is -4.20. The van der Waals surface area contributed by atoms with Gasteiger partial charge in [0.15, 0.2) is 11.5 Å². The van der Waals surface area contributed by atoms with Crippen LogP contribution in [0.5, 0.6) is 11.5 Å². The van der Waals surface area contributed by atoms with Gasteiger partial charge in [-0.05, 0) is 41.5 Å². The molecule has 31 heavy (non-hydrogen) atoms. The van der Waals surface area contributed by atoms with E-state index in [0.717, 1.165) is 22.2 Å². The SMILES string of the molecule is COc1ccc(/C=N\NC(=O)Cn2nnc3ccccc32)cc1OCc1ccccc1. The number of benzene rings is 3. The molecule has 0 aliphatic heterocycles. The zero-order chi connectivity index (χ0) is 21.5. The van der Waals surface area contributed by atoms with E-state index in [1.165, 1.54) is 4.68 Å². The number of nitrogens with zero attached hydrogens (tertiary/aromatic N) is 4. The number of fused-ring (bicyclic) bond motifs is 1. The molecule has 1 heterocycles. The zero-order valence-electron chi connectivity index (χ0n) is 16.9. The van der Waals surface area contributed by atoms with Crippen LogP contribution in [0.4, 0.5) is 0 Å². The minimum absolute atomic E-state index is 0.0197. The second-order valence-corrected chi connectivity index (χ2v) is 6.71. The Kier molecular flexibility index (Phi) is 6.18. The van der Waals surface area contributed by atoms with Crippen molar-refractivity contribution in [2.75, 3.05) is 7.11 Å². The van der Waals surface area contributed by atoms with Gasteiger partial charge in [-0.3, -0.25) is 4.79 Å². The number of carbonyl (C=O) groups is 1. The summed E-state index contributed by atoms with van der Waals surface area (Å²) in [7, 11) is 1.59. The number of aromatic nitrogens is 3. The van der Waals surface area contributed by atoms with Crippen molar-refractivity contribution in [2.45, 2.75) is 13.2 Å². The van der Waals surface area contributed by atoms with Crippen molar-refractivity contribution in [3.8, 4) is 11.5 Å². The summed E-state index contributed by atoms with van der Waals surface area (Å²) >= 11 is 0. The monoisotopic (exact) mass is 415 g/mol. The van der Waals surface area contributed by atoms with Crippen molar-refractivity contribution in [3.63, 3.8) is 0 Å². The van der Waals surface area contributed by atoms with Crippen LogP contribution in [0, 0.1) is 0 Å². The Labute approximate surface area is 179 Å². The average molecular weight is 415 g/mol. The molecule has 8 heteroatoms. The molecule has 0 atom stereocenters. The normalized spacial score (nSPS) is 11.0. The summed E-state index contributed by atoms with van der Waals surface area (Å²) in [4.78, 5) is 12.2. The number of amides is 1. The molecule has 4 rings (SSSR count). The Morgan fingerprint density at radius 3 is 2.71 bits per heavy atom. The lowest BCUT2D eigenvalue weighted by molar-refractivity contribution is -0.121. The molecule has 0 bridgehead atoms. The summed E-state index contributed by atoms with van der Waals surface area (Å²) in [6.07, 6.45) is 1.55. The first-order valence-corrected chi connectivity index (χ1v) is 9.68. The van der Waals surface area contributed by atoms with Gasteiger partial charge in [0, 0.05) is 0 Å². The van der Waals surface area contributed by atoms with Gasteiger partial charge in [0.05, 0.1) is 18.8 Å². The molecule has 0 aliphatic rings. The number of methoxy groups -OCH3 is 1. The Balaban J connectivity index is 1.38. The molecule has 1 N–H and O–H groups in total. The third-order valence-electron chi connectivity index (χ3n) is 4.54. The fourth-order valence-corrected chi connectivity index (χ4v) is 3.01. The summed E-state index contributed by atoms with van der Waals surface area (Å²) in [6, 6.07) is 22.8. The van der Waals surface area contributed by atoms with Crippen molar-refractivity contribution in [2.24, 2.45) is 5.10 Å². The predicted octanol–water partition coefficient (Wildman–Crippen LogP) is 3.17. The molecule has 0 saturated carbocycles. The lowest BCUT2D eigenvalue weighted by Crippen LogP contribution is -2.23. The van der Waals surface area contributed by atoms with E-state index >= 15 is 0 Å². The number of carbonyl (C=O) groups excluding carboxylic acids is 1. The summed E-state index contributed by atoms with van der Waals surface area (Å²) < 4.78 is 12.8. The lowest BCUT2D eigenvalue weighted by atomic mass is 10.2. The quantitative estimate of drug-likeness (QED) is 0.353. The molecule has 0 fully saturated rings. The highest BCUT2D eigenvalue weighted by atomic mass is 16.5. The smallest absolute Gasteiger partial charge is 0.261 e. The standard InChI is InChI=1S/C23H21N5O3/c1-30-21-12-11-18(13-22(21)31-16-17-7-3-2-4-8-17)14-24-26-23(29)15-28-20-10-6-5-9-19(20)25-27-28/h2-14H,15-16H2,1H3,(H,26,29)/b24-14-. The molecule has 0 saturated heterocycles. The maximum atomic E-state index is 12.2. The van der Waals surface area contributed by atoms with Crippen LogP contribution in [0.15, 0.2) is 77.9 Å². The van der Waals surface area contributed by atoms with Crippen LogP contribution in [0.3, 0.4) is 0 Å². The maximum absolute atomic E-state index is 12.2. The molecular weight excluding hydrogens is 394 g/mol. The highest BCUT2D eigenvalue weighted by Gasteiger charge is 2.08. The van der Waals surface area contributed by atoms with Crippen LogP contribution >= 0.6 is 0 Å². The Morgan fingerprint density at radius 2 is 1.87 bits per heavy atom. The van der Waals surface area contributed by atoms with Crippen LogP contribution < -0.4 is 14.9 Å². The van der Waals surface area contributed by atoms with Crippen molar-refractivity contribution in [1.82, 2.24) is 20.4 Å². The highest BCUT2D eigenvalue weighted by Crippen LogP contribution is 2.28. The predicted molar refractivity (Wildman–Crippen MR) is 117 cm³/mol. The van der Waals surface area contributed by atoms with E-state index in [2.05, 4.69) is 20.8 Å². The number of hydrogen-bond donors (Lipinski definition) is 1. The summed E-state index contributed by atoms with van der Waals surface area (Å²) in [5.74, 6) is 0.909. The summed E-state index contributed by atoms with van der Waals surface area (Å²) in [5.41, 5.74) is 5.85. The van der Waals surface area contributed by atoms with Crippen LogP contribution in [0.2, 0.25) is 0 Å². The summed E-state index contributed by atoms with van der Waals surface area (Å²) in [6.45, 7) is 0.437. The van der Waals surface area contributed by atoms with Crippen LogP contribution in [-0.4, -0.2) is 34.2 Å². The van der Waals surface area contributed by atoms with Gasteiger partial charge >= 0.3 is 0 Å². The molecule has 3 aromatic carbocycles. The molecule has 156 valence electrons. The molecule has 0 unspecified atom stereocenters. The highest BCUT2D eigenvalue weighted by molar-refractivity contribution is 5.84. The second kappa shape index (κ2) is 9.53. The zero-order valence-corrected chi connectivity index (χ0v) is 16.9. The van der Waals surface area contributed by atoms with E-state index in [4.69, 9.17) is 9.47 Å². The number of hydrogen-bond acceptors (Lipinski definition) is 6. The van der Waals surface area contributed by atoms with E-state index < -0.39 is 0 Å². The van der Waals surface area contributed by atoms with E-state index in [1.54, 1.807) is 19.4 Å². The van der Waals surface area contributed by atoms with Crippen molar-refractivity contribution in [1.29, 1.82) is 0 Å². The van der Waals surface area contributed by atoms with Gasteiger partial charge in [0.2, 0.25) is 0 Å². The first kappa shape index (κ1) is 20.1. The first-order chi connectivity index (χ1) is 15.2. The van der Waals surface area contributed by atoms with Gasteiger partial charge in [-0.25, -0.2) is 10.1 Å². The lowest BCUT2D eigenvalue weighted by Gasteiger charge is -2.11. The van der Waals surface area contributed by atoms with Gasteiger partial charge in [0.25, 0.3) is 5.91 Å². The first-order valence-electron chi connectivity index (χ1n) is 9.68. The van der Waals surface area contributed by atoms with Crippen molar-refractivity contribution < 1.29 is 14.3 Å². The van der Waals surface area contributed by atoms with E-state index in [9.17, 15) is 4.79 Å². The largest absolute Gasteiger partial charge is 0.493 e. The second-order valence-electron chi connectivity index (χ2n) is 6.71. The average Bonchev–Trinajstić information content (AvgIpc) is 3.21. The minimum atomic E-state index is -0.305. The van der Waals surface area contributed by atoms with Crippen LogP contribution in [0.25, 0.3) is 11.0 Å². The molecular formula is C23H21N5O3. The van der Waals surface area contributed by atoms with E-state index in [0.29, 0.717) is 18.1 Å². The van der Waals surface area contributed by atoms with Crippen molar-refractivity contribution in [3.05, 3.63) is 83.9 Å². The molecule has 0 aliphatic carbocycles. The minimum Gasteiger partial charge on any atom is -0.493 e. The number of para-hydroxylation sites is 1. The molecule has 1 aromatic heterocycles. The van der Waals surface area contributed by atoms with Gasteiger partial charge in [-0.2, -0.15) is 5.10 Å². The van der Waals surface area contributed by atoms with E-state index in [-0.39, 0.29) is 12.5 Å². The van der Waals surface area contributed by atoms with Gasteiger partial charge in [-0.1, -0.05) is 47.7 Å². The topological polar surface area (TPSA) is 90.6 Å². The Morgan fingerprint density at radius 1 is 1.06 bits per heavy atom. The molecule has 4 aromatic rings. The fourth-order valence-electron chi connectivity index (χ4n) is 3.01. The molecule has 0 spiro atoms. The number of rotatable bonds is 8. The fraction of sp³-hybridized carbons (Fsp3) is 0.130. The number of nitrogens with one attached hydrogen (secondary N) is 1. The number of hydrazone groups is 1. The van der Waals surface area contributed by atoms with Crippen molar-refractivity contribution >= 4 is 23.2 Å². The van der Waals surface area contributed by atoms with E-state index in [1.807, 2.05) is 66.7 Å². The van der Waals surface area contributed by atoms with Crippen LogP contribution in [0.1, 0.15) is 11.1 Å². The molecule has 8 nitrogen and oxygen atoms in total. The van der Waals surface area contributed by atoms with Gasteiger partial charge in [-0.15, -0.1) is 5.10 Å². The van der Waals surface area contributed by atoms with Gasteiger partial charge < -0.3 is 9.47 Å². The van der Waals surface area contributed by atoms with Gasteiger partial charge in [0.1, 0.15) is 18.7 Å². The third-order valence-corrected chi connectivity index (χ3v) is 4.54. The summed E-state index contributed by atoms with van der Waals surface area (Å²) in [5, 5.41) is 12.1.